The van der Waals surface area contributed by atoms with E-state index in [4.69, 9.17) is 5.73 Å². The number of aryl methyl sites for hydroxylation is 2. The van der Waals surface area contributed by atoms with Crippen LogP contribution in [0.2, 0.25) is 0 Å². The molecule has 3 nitrogen and oxygen atoms in total. The molecule has 0 saturated carbocycles. The van der Waals surface area contributed by atoms with Gasteiger partial charge < -0.3 is 10.6 Å². The number of unbranched alkanes of at least 4 members (excludes halogenated alkanes) is 2. The van der Waals surface area contributed by atoms with Gasteiger partial charge in [0.15, 0.2) is 0 Å². The summed E-state index contributed by atoms with van der Waals surface area (Å²) in [6.45, 7) is 7.96. The molecule has 152 valence electrons. The number of rotatable bonds is 9. The molecular weight excluding hydrogens is 364 g/mol. The third-order valence-corrected chi connectivity index (χ3v) is 7.00. The Hall–Kier alpha value is -1.65. The number of fused-ring (bicyclic) bond motifs is 1. The first kappa shape index (κ1) is 21.1. The molecule has 3 rings (SSSR count). The van der Waals surface area contributed by atoms with E-state index in [1.165, 1.54) is 41.5 Å². The predicted molar refractivity (Wildman–Crippen MR) is 119 cm³/mol. The molecule has 0 spiro atoms. The van der Waals surface area contributed by atoms with Crippen molar-refractivity contribution < 1.29 is 4.79 Å². The van der Waals surface area contributed by atoms with Crippen molar-refractivity contribution in [3.8, 4) is 0 Å². The second-order valence-corrected chi connectivity index (χ2v) is 9.45. The summed E-state index contributed by atoms with van der Waals surface area (Å²) >= 11 is 1.77. The van der Waals surface area contributed by atoms with Gasteiger partial charge in [0.2, 0.25) is 0 Å². The van der Waals surface area contributed by atoms with Crippen molar-refractivity contribution in [3.05, 3.63) is 56.8 Å². The lowest BCUT2D eigenvalue weighted by Crippen LogP contribution is -2.44. The molecule has 0 fully saturated rings. The number of carbonyl (C=O) groups is 1. The molecular formula is C24H34N2OS. The molecule has 2 N–H and O–H groups in total. The molecule has 28 heavy (non-hydrogen) atoms. The van der Waals surface area contributed by atoms with Crippen molar-refractivity contribution in [2.24, 2.45) is 5.73 Å². The van der Waals surface area contributed by atoms with Crippen LogP contribution < -0.4 is 5.73 Å². The lowest BCUT2D eigenvalue weighted by atomic mass is 9.89. The number of nitrogens with zero attached hydrogens (tertiary/aromatic N) is 1. The minimum atomic E-state index is -0.202. The molecule has 1 atom stereocenters. The van der Waals surface area contributed by atoms with Crippen molar-refractivity contribution in [3.63, 3.8) is 0 Å². The van der Waals surface area contributed by atoms with Gasteiger partial charge in [-0.05, 0) is 98.0 Å². The van der Waals surface area contributed by atoms with Gasteiger partial charge in [-0.15, -0.1) is 0 Å². The summed E-state index contributed by atoms with van der Waals surface area (Å²) in [6, 6.07) is 6.29. The van der Waals surface area contributed by atoms with Crippen LogP contribution in [0.5, 0.6) is 0 Å². The Morgan fingerprint density at radius 2 is 1.96 bits per heavy atom. The van der Waals surface area contributed by atoms with E-state index in [1.54, 1.807) is 11.3 Å². The Bertz CT molecular complexity index is 795. The van der Waals surface area contributed by atoms with Gasteiger partial charge >= 0.3 is 0 Å². The van der Waals surface area contributed by atoms with Gasteiger partial charge in [-0.2, -0.15) is 11.3 Å². The highest BCUT2D eigenvalue weighted by atomic mass is 32.1. The molecule has 1 amide bonds. The van der Waals surface area contributed by atoms with Crippen LogP contribution in [-0.4, -0.2) is 29.4 Å². The number of hydrogen-bond acceptors (Lipinski definition) is 3. The van der Waals surface area contributed by atoms with E-state index in [1.807, 2.05) is 11.0 Å². The molecule has 2 aromatic rings. The van der Waals surface area contributed by atoms with Crippen LogP contribution in [0.25, 0.3) is 0 Å². The zero-order valence-corrected chi connectivity index (χ0v) is 18.4. The SMILES string of the molecule is Cc1ccc2c(c1C)CCN(CCC(C)(N)CCCCCc1ccsc1)C2=O. The first-order valence-corrected chi connectivity index (χ1v) is 11.5. The first-order chi connectivity index (χ1) is 13.4. The summed E-state index contributed by atoms with van der Waals surface area (Å²) in [5.74, 6) is 0.177. The van der Waals surface area contributed by atoms with Gasteiger partial charge in [-0.25, -0.2) is 0 Å². The molecule has 0 radical (unpaired) electrons. The largest absolute Gasteiger partial charge is 0.338 e. The van der Waals surface area contributed by atoms with Crippen LogP contribution in [0.15, 0.2) is 29.0 Å². The monoisotopic (exact) mass is 398 g/mol. The Labute approximate surface area is 173 Å². The van der Waals surface area contributed by atoms with E-state index in [2.05, 4.69) is 43.7 Å². The Morgan fingerprint density at radius 3 is 2.71 bits per heavy atom. The summed E-state index contributed by atoms with van der Waals surface area (Å²) in [7, 11) is 0. The summed E-state index contributed by atoms with van der Waals surface area (Å²) in [5, 5.41) is 4.39. The maximum atomic E-state index is 12.9. The Morgan fingerprint density at radius 1 is 1.14 bits per heavy atom. The van der Waals surface area contributed by atoms with E-state index in [0.717, 1.165) is 44.3 Å². The maximum absolute atomic E-state index is 12.9. The lowest BCUT2D eigenvalue weighted by Gasteiger charge is -2.33. The van der Waals surface area contributed by atoms with Gasteiger partial charge in [-0.3, -0.25) is 4.79 Å². The highest BCUT2D eigenvalue weighted by Crippen LogP contribution is 2.26. The quantitative estimate of drug-likeness (QED) is 0.585. The summed E-state index contributed by atoms with van der Waals surface area (Å²) in [5.41, 5.74) is 12.5. The highest BCUT2D eigenvalue weighted by molar-refractivity contribution is 7.07. The van der Waals surface area contributed by atoms with Gasteiger partial charge in [0.1, 0.15) is 0 Å². The Kier molecular flexibility index (Phi) is 6.95. The zero-order valence-electron chi connectivity index (χ0n) is 17.6. The van der Waals surface area contributed by atoms with Gasteiger partial charge in [-0.1, -0.05) is 18.9 Å². The number of amides is 1. The van der Waals surface area contributed by atoms with Gasteiger partial charge in [0.25, 0.3) is 5.91 Å². The molecule has 1 aromatic carbocycles. The topological polar surface area (TPSA) is 46.3 Å². The molecule has 0 aliphatic carbocycles. The standard InChI is InChI=1S/C24H34N2OS/c1-18-8-9-22-21(19(18)2)10-14-26(23(22)27)15-13-24(3,25)12-6-4-5-7-20-11-16-28-17-20/h8-9,11,16-17H,4-7,10,12-15,25H2,1-3H3. The number of hydrogen-bond donors (Lipinski definition) is 1. The third-order valence-electron chi connectivity index (χ3n) is 6.26. The second-order valence-electron chi connectivity index (χ2n) is 8.67. The number of carbonyl (C=O) groups excluding carboxylic acids is 1. The molecule has 0 bridgehead atoms. The van der Waals surface area contributed by atoms with E-state index in [-0.39, 0.29) is 11.4 Å². The average molecular weight is 399 g/mol. The van der Waals surface area contributed by atoms with E-state index in [9.17, 15) is 4.79 Å². The van der Waals surface area contributed by atoms with E-state index >= 15 is 0 Å². The van der Waals surface area contributed by atoms with Gasteiger partial charge in [0.05, 0.1) is 0 Å². The number of thiophene rings is 1. The first-order valence-electron chi connectivity index (χ1n) is 10.6. The third kappa shape index (κ3) is 5.24. The van der Waals surface area contributed by atoms with Crippen LogP contribution in [0.3, 0.4) is 0 Å². The average Bonchev–Trinajstić information content (AvgIpc) is 3.17. The van der Waals surface area contributed by atoms with Crippen LogP contribution in [0, 0.1) is 13.8 Å². The van der Waals surface area contributed by atoms with Crippen molar-refractivity contribution in [1.29, 1.82) is 0 Å². The molecule has 4 heteroatoms. The summed E-state index contributed by atoms with van der Waals surface area (Å²) in [4.78, 5) is 14.9. The summed E-state index contributed by atoms with van der Waals surface area (Å²) < 4.78 is 0. The van der Waals surface area contributed by atoms with Crippen molar-refractivity contribution >= 4 is 17.2 Å². The molecule has 1 aromatic heterocycles. The van der Waals surface area contributed by atoms with Crippen molar-refractivity contribution in [1.82, 2.24) is 4.90 Å². The maximum Gasteiger partial charge on any atom is 0.254 e. The zero-order chi connectivity index (χ0) is 20.1. The number of benzene rings is 1. The highest BCUT2D eigenvalue weighted by Gasteiger charge is 2.27. The van der Waals surface area contributed by atoms with Crippen molar-refractivity contribution in [2.75, 3.05) is 13.1 Å². The fourth-order valence-corrected chi connectivity index (χ4v) is 4.82. The fraction of sp³-hybridized carbons (Fsp3) is 0.542. The molecule has 1 aliphatic rings. The van der Waals surface area contributed by atoms with Crippen LogP contribution in [0.1, 0.15) is 71.6 Å². The smallest absolute Gasteiger partial charge is 0.254 e. The molecule has 1 unspecified atom stereocenters. The van der Waals surface area contributed by atoms with Crippen molar-refractivity contribution in [2.45, 2.75) is 71.3 Å². The van der Waals surface area contributed by atoms with Crippen LogP contribution in [0.4, 0.5) is 0 Å². The predicted octanol–water partition coefficient (Wildman–Crippen LogP) is 5.27. The molecule has 1 aliphatic heterocycles. The van der Waals surface area contributed by atoms with Gasteiger partial charge in [0, 0.05) is 24.2 Å². The van der Waals surface area contributed by atoms with Crippen LogP contribution >= 0.6 is 11.3 Å². The van der Waals surface area contributed by atoms with E-state index < -0.39 is 0 Å². The lowest BCUT2D eigenvalue weighted by molar-refractivity contribution is 0.0726. The minimum Gasteiger partial charge on any atom is -0.338 e. The molecule has 2 heterocycles. The Balaban J connectivity index is 1.43. The summed E-state index contributed by atoms with van der Waals surface area (Å²) in [6.07, 6.45) is 7.62. The second kappa shape index (κ2) is 9.23. The normalized spacial score (nSPS) is 16.1. The minimum absolute atomic E-state index is 0.177. The number of nitrogens with two attached hydrogens (primary N) is 1. The van der Waals surface area contributed by atoms with Crippen LogP contribution in [-0.2, 0) is 12.8 Å². The van der Waals surface area contributed by atoms with E-state index in [0.29, 0.717) is 0 Å². The fourth-order valence-electron chi connectivity index (χ4n) is 4.11. The molecule has 0 saturated heterocycles.